The molecule has 0 aliphatic carbocycles. The van der Waals surface area contributed by atoms with Gasteiger partial charge in [-0.15, -0.1) is 0 Å². The van der Waals surface area contributed by atoms with Crippen molar-refractivity contribution in [2.24, 2.45) is 5.73 Å². The molecule has 9 heteroatoms. The van der Waals surface area contributed by atoms with Gasteiger partial charge >= 0.3 is 7.82 Å². The molecule has 0 bridgehead atoms. The van der Waals surface area contributed by atoms with Gasteiger partial charge in [-0.1, -0.05) is 205 Å². The Kier molecular flexibility index (Phi) is 39.9. The number of unbranched alkanes of at least 4 members (excludes halogenated alkanes) is 28. The van der Waals surface area contributed by atoms with Crippen molar-refractivity contribution in [1.29, 1.82) is 0 Å². The lowest BCUT2D eigenvalue weighted by molar-refractivity contribution is -0.123. The van der Waals surface area contributed by atoms with Crippen LogP contribution >= 0.6 is 7.82 Å². The van der Waals surface area contributed by atoms with Gasteiger partial charge in [0.1, 0.15) is 0 Å². The van der Waals surface area contributed by atoms with Gasteiger partial charge in [-0.2, -0.15) is 0 Å². The third-order valence-electron chi connectivity index (χ3n) is 10.0. The standard InChI is InChI=1S/C44H87N2O6P/c1-3-5-7-9-11-13-15-17-18-19-20-21-22-23-24-26-27-29-31-33-35-37-43(47)42(41-52-53(49,50)51-40-39-45)46-44(48)38-36-34-32-30-28-25-16-14-12-10-8-6-4-2/h27,29,35,37,42-43,47H,3-26,28,30-34,36,38-41,45H2,1-2H3,(H,46,48)(H,49,50)/b29-27+,37-35+. The van der Waals surface area contributed by atoms with Gasteiger partial charge in [-0.3, -0.25) is 13.8 Å². The van der Waals surface area contributed by atoms with E-state index in [4.69, 9.17) is 14.8 Å². The Balaban J connectivity index is 4.20. The van der Waals surface area contributed by atoms with E-state index in [1.165, 1.54) is 161 Å². The average molecular weight is 771 g/mol. The molecule has 0 aromatic rings. The molecule has 0 rings (SSSR count). The molecule has 0 saturated carbocycles. The van der Waals surface area contributed by atoms with Gasteiger partial charge in [0.2, 0.25) is 5.91 Å². The molecule has 314 valence electrons. The summed E-state index contributed by atoms with van der Waals surface area (Å²) in [5, 5.41) is 13.7. The predicted octanol–water partition coefficient (Wildman–Crippen LogP) is 12.6. The molecule has 0 aromatic heterocycles. The van der Waals surface area contributed by atoms with Crippen molar-refractivity contribution < 1.29 is 28.4 Å². The Labute approximate surface area is 327 Å². The summed E-state index contributed by atoms with van der Waals surface area (Å²) >= 11 is 0. The van der Waals surface area contributed by atoms with Crippen molar-refractivity contribution in [2.45, 2.75) is 231 Å². The average Bonchev–Trinajstić information content (AvgIpc) is 3.14. The van der Waals surface area contributed by atoms with E-state index in [2.05, 4.69) is 31.3 Å². The lowest BCUT2D eigenvalue weighted by Gasteiger charge is -2.23. The minimum Gasteiger partial charge on any atom is -0.387 e. The highest BCUT2D eigenvalue weighted by atomic mass is 31.2. The van der Waals surface area contributed by atoms with E-state index in [0.29, 0.717) is 6.42 Å². The third-order valence-corrected chi connectivity index (χ3v) is 11.0. The molecule has 0 fully saturated rings. The predicted molar refractivity (Wildman–Crippen MR) is 226 cm³/mol. The van der Waals surface area contributed by atoms with Crippen molar-refractivity contribution in [3.05, 3.63) is 24.3 Å². The van der Waals surface area contributed by atoms with E-state index in [1.807, 2.05) is 6.08 Å². The molecule has 8 nitrogen and oxygen atoms in total. The molecule has 1 amide bonds. The molecule has 0 aliphatic heterocycles. The second kappa shape index (κ2) is 40.6. The first-order valence-corrected chi connectivity index (χ1v) is 24.0. The Hall–Kier alpha value is -1.02. The van der Waals surface area contributed by atoms with Gasteiger partial charge in [-0.05, 0) is 32.1 Å². The number of nitrogens with two attached hydrogens (primary N) is 1. The topological polar surface area (TPSA) is 131 Å². The van der Waals surface area contributed by atoms with Crippen LogP contribution in [0.25, 0.3) is 0 Å². The zero-order valence-corrected chi connectivity index (χ0v) is 35.7. The number of rotatable bonds is 42. The van der Waals surface area contributed by atoms with Crippen LogP contribution < -0.4 is 11.1 Å². The van der Waals surface area contributed by atoms with E-state index in [9.17, 15) is 19.4 Å². The molecule has 5 N–H and O–H groups in total. The molecule has 53 heavy (non-hydrogen) atoms. The summed E-state index contributed by atoms with van der Waals surface area (Å²) in [6.07, 6.45) is 46.6. The zero-order valence-electron chi connectivity index (χ0n) is 34.8. The van der Waals surface area contributed by atoms with Gasteiger partial charge in [0.25, 0.3) is 0 Å². The lowest BCUT2D eigenvalue weighted by Crippen LogP contribution is -2.45. The van der Waals surface area contributed by atoms with Crippen LogP contribution in [0, 0.1) is 0 Å². The van der Waals surface area contributed by atoms with Crippen molar-refractivity contribution in [3.8, 4) is 0 Å². The number of phosphoric ester groups is 1. The fourth-order valence-electron chi connectivity index (χ4n) is 6.62. The Morgan fingerprint density at radius 2 is 1.00 bits per heavy atom. The summed E-state index contributed by atoms with van der Waals surface area (Å²) in [7, 11) is -4.34. The number of allylic oxidation sites excluding steroid dienone is 3. The number of nitrogens with one attached hydrogen (secondary N) is 1. The highest BCUT2D eigenvalue weighted by molar-refractivity contribution is 7.47. The minimum atomic E-state index is -4.34. The fraction of sp³-hybridized carbons (Fsp3) is 0.886. The number of phosphoric acid groups is 1. The fourth-order valence-corrected chi connectivity index (χ4v) is 7.38. The SMILES string of the molecule is CCCCCCCCCCCCCCCCC/C=C/CC/C=C/C(O)C(COP(=O)(O)OCCN)NC(=O)CCCCCCCCCCCCCCC. The highest BCUT2D eigenvalue weighted by Gasteiger charge is 2.26. The van der Waals surface area contributed by atoms with Crippen molar-refractivity contribution in [1.82, 2.24) is 5.32 Å². The van der Waals surface area contributed by atoms with Gasteiger partial charge < -0.3 is 21.1 Å². The van der Waals surface area contributed by atoms with Crippen LogP contribution in [0.15, 0.2) is 24.3 Å². The first-order valence-electron chi connectivity index (χ1n) is 22.5. The van der Waals surface area contributed by atoms with Crippen LogP contribution in [0.4, 0.5) is 0 Å². The minimum absolute atomic E-state index is 0.0759. The zero-order chi connectivity index (χ0) is 38.9. The summed E-state index contributed by atoms with van der Waals surface area (Å²) in [6.45, 7) is 4.13. The summed E-state index contributed by atoms with van der Waals surface area (Å²) in [5.74, 6) is -0.202. The normalized spacial score (nSPS) is 14.3. The number of aliphatic hydroxyl groups is 1. The second-order valence-electron chi connectivity index (χ2n) is 15.3. The van der Waals surface area contributed by atoms with Crippen LogP contribution in [0.2, 0.25) is 0 Å². The molecule has 3 atom stereocenters. The number of carbonyl (C=O) groups excluding carboxylic acids is 1. The largest absolute Gasteiger partial charge is 0.472 e. The molecule has 0 heterocycles. The number of amides is 1. The van der Waals surface area contributed by atoms with Crippen LogP contribution in [-0.4, -0.2) is 47.8 Å². The quantitative estimate of drug-likeness (QED) is 0.0276. The first-order chi connectivity index (χ1) is 25.9. The molecule has 0 aromatic carbocycles. The first kappa shape index (κ1) is 52.0. The Morgan fingerprint density at radius 3 is 1.45 bits per heavy atom. The maximum atomic E-state index is 12.7. The second-order valence-corrected chi connectivity index (χ2v) is 16.7. The van der Waals surface area contributed by atoms with Crippen molar-refractivity contribution >= 4 is 13.7 Å². The summed E-state index contributed by atoms with van der Waals surface area (Å²) in [5.41, 5.74) is 5.37. The monoisotopic (exact) mass is 771 g/mol. The van der Waals surface area contributed by atoms with Gasteiger partial charge in [-0.25, -0.2) is 4.57 Å². The van der Waals surface area contributed by atoms with E-state index in [-0.39, 0.29) is 25.7 Å². The van der Waals surface area contributed by atoms with E-state index in [1.54, 1.807) is 6.08 Å². The van der Waals surface area contributed by atoms with Crippen LogP contribution in [0.1, 0.15) is 219 Å². The Morgan fingerprint density at radius 1 is 0.604 bits per heavy atom. The van der Waals surface area contributed by atoms with Crippen molar-refractivity contribution in [2.75, 3.05) is 19.8 Å². The van der Waals surface area contributed by atoms with Crippen LogP contribution in [0.5, 0.6) is 0 Å². The molecular formula is C44H87N2O6P. The molecule has 0 aliphatic rings. The van der Waals surface area contributed by atoms with Crippen molar-refractivity contribution in [3.63, 3.8) is 0 Å². The third kappa shape index (κ3) is 39.0. The maximum absolute atomic E-state index is 12.7. The number of aliphatic hydroxyl groups excluding tert-OH is 1. The molecule has 0 radical (unpaired) electrons. The van der Waals surface area contributed by atoms with Crippen LogP contribution in [-0.2, 0) is 18.4 Å². The van der Waals surface area contributed by atoms with Gasteiger partial charge in [0, 0.05) is 13.0 Å². The molecule has 0 spiro atoms. The Bertz CT molecular complexity index is 886. The summed E-state index contributed by atoms with van der Waals surface area (Å²) in [6, 6.07) is -0.872. The number of hydrogen-bond acceptors (Lipinski definition) is 6. The molecule has 3 unspecified atom stereocenters. The lowest BCUT2D eigenvalue weighted by atomic mass is 10.0. The molecule has 0 saturated heterocycles. The number of carbonyl (C=O) groups is 1. The van der Waals surface area contributed by atoms with Gasteiger partial charge in [0.05, 0.1) is 25.4 Å². The van der Waals surface area contributed by atoms with Gasteiger partial charge in [0.15, 0.2) is 0 Å². The smallest absolute Gasteiger partial charge is 0.387 e. The van der Waals surface area contributed by atoms with Crippen LogP contribution in [0.3, 0.4) is 0 Å². The highest BCUT2D eigenvalue weighted by Crippen LogP contribution is 2.43. The molecular weight excluding hydrogens is 683 g/mol. The summed E-state index contributed by atoms with van der Waals surface area (Å²) < 4.78 is 22.1. The van der Waals surface area contributed by atoms with E-state index in [0.717, 1.165) is 38.5 Å². The maximum Gasteiger partial charge on any atom is 0.472 e. The van der Waals surface area contributed by atoms with E-state index >= 15 is 0 Å². The summed E-state index contributed by atoms with van der Waals surface area (Å²) in [4.78, 5) is 22.7. The number of hydrogen-bond donors (Lipinski definition) is 4. The van der Waals surface area contributed by atoms with E-state index < -0.39 is 20.0 Å².